The van der Waals surface area contributed by atoms with Gasteiger partial charge in [-0.2, -0.15) is 0 Å². The van der Waals surface area contributed by atoms with Crippen LogP contribution < -0.4 is 15.0 Å². The number of Topliss-reactive ketones (excluding diaryl/α,β-unsaturated/α-hetero) is 1. The third-order valence-electron chi connectivity index (χ3n) is 6.17. The molecule has 0 amide bonds. The highest BCUT2D eigenvalue weighted by atomic mass is 16.5. The third kappa shape index (κ3) is 4.17. The van der Waals surface area contributed by atoms with Crippen LogP contribution in [-0.4, -0.2) is 25.5 Å². The Morgan fingerprint density at radius 3 is 2.47 bits per heavy atom. The predicted molar refractivity (Wildman–Crippen MR) is 120 cm³/mol. The number of fused-ring (bicyclic) bond motifs is 1. The molecule has 0 saturated heterocycles. The van der Waals surface area contributed by atoms with E-state index in [0.717, 1.165) is 34.7 Å². The summed E-state index contributed by atoms with van der Waals surface area (Å²) >= 11 is 0. The maximum absolute atomic E-state index is 13.5. The van der Waals surface area contributed by atoms with Crippen LogP contribution >= 0.6 is 0 Å². The monoisotopic (exact) mass is 433 g/mol. The standard InChI is InChI=1S/C26H28N2O4/c1-4-13-32-26(30)23-16(2)28-21-14-19(17-5-7-20(31-3)8-6-17)15-22(29)25(21)24(23)18-9-11-27-12-10-18/h5-12,14,19,24-25,28H,4,13,15H2,1-3H3/p+1. The van der Waals surface area contributed by atoms with Crippen molar-refractivity contribution in [3.63, 3.8) is 0 Å². The number of ether oxygens (including phenoxy) is 2. The Kier molecular flexibility index (Phi) is 6.40. The number of pyridine rings is 1. The minimum Gasteiger partial charge on any atom is -0.497 e. The lowest BCUT2D eigenvalue weighted by atomic mass is 9.69. The van der Waals surface area contributed by atoms with Gasteiger partial charge in [-0.25, -0.2) is 9.78 Å². The Labute approximate surface area is 188 Å². The molecule has 6 heteroatoms. The second kappa shape index (κ2) is 9.39. The number of hydrogen-bond acceptors (Lipinski definition) is 5. The quantitative estimate of drug-likeness (QED) is 0.703. The zero-order valence-corrected chi connectivity index (χ0v) is 18.7. The van der Waals surface area contributed by atoms with Gasteiger partial charge in [-0.3, -0.25) is 4.79 Å². The fourth-order valence-electron chi connectivity index (χ4n) is 4.65. The smallest absolute Gasteiger partial charge is 0.336 e. The fraction of sp³-hybridized carbons (Fsp3) is 0.346. The molecule has 1 aliphatic heterocycles. The molecule has 166 valence electrons. The molecule has 2 N–H and O–H groups in total. The number of ketones is 1. The first-order chi connectivity index (χ1) is 15.5. The summed E-state index contributed by atoms with van der Waals surface area (Å²) in [5.41, 5.74) is 4.09. The molecule has 4 rings (SSSR count). The lowest BCUT2D eigenvalue weighted by Gasteiger charge is -2.39. The summed E-state index contributed by atoms with van der Waals surface area (Å²) in [7, 11) is 1.64. The van der Waals surface area contributed by atoms with Crippen molar-refractivity contribution in [3.8, 4) is 5.75 Å². The third-order valence-corrected chi connectivity index (χ3v) is 6.17. The minimum atomic E-state index is -0.445. The van der Waals surface area contributed by atoms with Crippen LogP contribution in [0, 0.1) is 5.92 Å². The van der Waals surface area contributed by atoms with Crippen LogP contribution in [0.15, 0.2) is 71.8 Å². The van der Waals surface area contributed by atoms with Crippen LogP contribution in [0.25, 0.3) is 0 Å². The van der Waals surface area contributed by atoms with Crippen LogP contribution in [0.1, 0.15) is 49.7 Å². The molecule has 32 heavy (non-hydrogen) atoms. The van der Waals surface area contributed by atoms with E-state index in [-0.39, 0.29) is 23.6 Å². The summed E-state index contributed by atoms with van der Waals surface area (Å²) in [5.74, 6) is -0.322. The first-order valence-electron chi connectivity index (χ1n) is 11.0. The molecule has 2 aromatic rings. The number of carbonyl (C=O) groups excluding carboxylic acids is 2. The largest absolute Gasteiger partial charge is 0.497 e. The molecule has 3 unspecified atom stereocenters. The summed E-state index contributed by atoms with van der Waals surface area (Å²) in [6.45, 7) is 4.19. The summed E-state index contributed by atoms with van der Waals surface area (Å²) in [5, 5.41) is 3.36. The summed E-state index contributed by atoms with van der Waals surface area (Å²) in [6, 6.07) is 11.7. The van der Waals surface area contributed by atoms with Crippen LogP contribution in [0.4, 0.5) is 0 Å². The van der Waals surface area contributed by atoms with E-state index < -0.39 is 5.92 Å². The second-order valence-electron chi connectivity index (χ2n) is 8.26. The van der Waals surface area contributed by atoms with Gasteiger partial charge in [0.2, 0.25) is 0 Å². The number of carbonyl (C=O) groups is 2. The predicted octanol–water partition coefficient (Wildman–Crippen LogP) is 3.68. The Bertz CT molecular complexity index is 1060. The molecule has 0 saturated carbocycles. The number of rotatable bonds is 6. The first-order valence-corrected chi connectivity index (χ1v) is 11.0. The number of H-pyrrole nitrogens is 1. The average Bonchev–Trinajstić information content (AvgIpc) is 2.82. The van der Waals surface area contributed by atoms with Gasteiger partial charge in [-0.15, -0.1) is 0 Å². The van der Waals surface area contributed by atoms with E-state index in [1.54, 1.807) is 7.11 Å². The van der Waals surface area contributed by atoms with E-state index in [9.17, 15) is 9.59 Å². The van der Waals surface area contributed by atoms with Crippen molar-refractivity contribution in [2.75, 3.05) is 13.7 Å². The van der Waals surface area contributed by atoms with Gasteiger partial charge in [0.05, 0.1) is 25.2 Å². The van der Waals surface area contributed by atoms with Crippen LogP contribution in [-0.2, 0) is 14.3 Å². The van der Waals surface area contributed by atoms with Crippen molar-refractivity contribution in [2.45, 2.75) is 38.5 Å². The lowest BCUT2D eigenvalue weighted by Crippen LogP contribution is -2.42. The number of aromatic nitrogens is 1. The zero-order chi connectivity index (χ0) is 22.7. The maximum Gasteiger partial charge on any atom is 0.336 e. The molecule has 2 heterocycles. The fourth-order valence-corrected chi connectivity index (χ4v) is 4.65. The number of allylic oxidation sites excluding steroid dienone is 3. The molecule has 6 nitrogen and oxygen atoms in total. The second-order valence-corrected chi connectivity index (χ2v) is 8.26. The van der Waals surface area contributed by atoms with Gasteiger partial charge in [-0.1, -0.05) is 25.1 Å². The van der Waals surface area contributed by atoms with Gasteiger partial charge in [0, 0.05) is 41.8 Å². The zero-order valence-electron chi connectivity index (χ0n) is 18.7. The molecule has 1 aromatic heterocycles. The molecule has 0 bridgehead atoms. The maximum atomic E-state index is 13.5. The molecule has 2 aliphatic rings. The number of benzene rings is 1. The lowest BCUT2D eigenvalue weighted by molar-refractivity contribution is -0.378. The van der Waals surface area contributed by atoms with Gasteiger partial charge in [-0.05, 0) is 36.6 Å². The normalized spacial score (nSPS) is 22.5. The highest BCUT2D eigenvalue weighted by Crippen LogP contribution is 2.46. The first kappa shape index (κ1) is 21.8. The van der Waals surface area contributed by atoms with E-state index in [2.05, 4.69) is 16.4 Å². The number of esters is 1. The van der Waals surface area contributed by atoms with E-state index in [1.807, 2.05) is 62.6 Å². The van der Waals surface area contributed by atoms with Crippen molar-refractivity contribution in [3.05, 3.63) is 83.0 Å². The number of hydrogen-bond donors (Lipinski definition) is 1. The summed E-state index contributed by atoms with van der Waals surface area (Å²) < 4.78 is 10.7. The molecule has 0 radical (unpaired) electrons. The molecule has 0 fully saturated rings. The van der Waals surface area contributed by atoms with E-state index in [4.69, 9.17) is 9.47 Å². The Balaban J connectivity index is 1.76. The SMILES string of the molecule is CCCOC(=O)C1=C(C)NC2=CC(c3ccc(OC)cc3)CC(=O)C2C1c1cc[nH+]cc1. The topological polar surface area (TPSA) is 78.8 Å². The van der Waals surface area contributed by atoms with Gasteiger partial charge in [0.15, 0.2) is 12.4 Å². The van der Waals surface area contributed by atoms with Crippen molar-refractivity contribution in [1.29, 1.82) is 0 Å². The number of methoxy groups -OCH3 is 1. The van der Waals surface area contributed by atoms with Crippen molar-refractivity contribution < 1.29 is 24.0 Å². The highest BCUT2D eigenvalue weighted by Gasteiger charge is 2.45. The Morgan fingerprint density at radius 1 is 1.09 bits per heavy atom. The highest BCUT2D eigenvalue weighted by molar-refractivity contribution is 5.96. The number of aromatic amines is 1. The van der Waals surface area contributed by atoms with Gasteiger partial charge >= 0.3 is 5.97 Å². The van der Waals surface area contributed by atoms with Crippen molar-refractivity contribution in [2.24, 2.45) is 5.92 Å². The summed E-state index contributed by atoms with van der Waals surface area (Å²) in [4.78, 5) is 29.6. The molecule has 1 aliphatic carbocycles. The van der Waals surface area contributed by atoms with Crippen molar-refractivity contribution in [1.82, 2.24) is 5.32 Å². The molecular weight excluding hydrogens is 404 g/mol. The van der Waals surface area contributed by atoms with Gasteiger partial charge < -0.3 is 14.8 Å². The van der Waals surface area contributed by atoms with Gasteiger partial charge in [0.1, 0.15) is 11.5 Å². The molecular formula is C26H29N2O4+. The van der Waals surface area contributed by atoms with Crippen LogP contribution in [0.3, 0.4) is 0 Å². The Hall–Kier alpha value is -3.41. The van der Waals surface area contributed by atoms with E-state index >= 15 is 0 Å². The van der Waals surface area contributed by atoms with E-state index in [1.165, 1.54) is 0 Å². The molecule has 0 spiro atoms. The van der Waals surface area contributed by atoms with Crippen LogP contribution in [0.5, 0.6) is 5.75 Å². The van der Waals surface area contributed by atoms with Crippen LogP contribution in [0.2, 0.25) is 0 Å². The summed E-state index contributed by atoms with van der Waals surface area (Å²) in [6.07, 6.45) is 6.90. The minimum absolute atomic E-state index is 0.0293. The number of nitrogens with one attached hydrogen (secondary N) is 2. The Morgan fingerprint density at radius 2 is 1.81 bits per heavy atom. The van der Waals surface area contributed by atoms with E-state index in [0.29, 0.717) is 18.6 Å². The molecule has 1 aromatic carbocycles. The molecule has 3 atom stereocenters. The van der Waals surface area contributed by atoms with Crippen molar-refractivity contribution >= 4 is 11.8 Å². The van der Waals surface area contributed by atoms with Gasteiger partial charge in [0.25, 0.3) is 0 Å². The average molecular weight is 434 g/mol.